The molecule has 5 heteroatoms. The molecule has 0 spiro atoms. The topological polar surface area (TPSA) is 55.8 Å². The highest BCUT2D eigenvalue weighted by Gasteiger charge is 2.12. The van der Waals surface area contributed by atoms with Gasteiger partial charge in [-0.2, -0.15) is 0 Å². The second-order valence-corrected chi connectivity index (χ2v) is 4.52. The number of nitrogens with zero attached hydrogens (tertiary/aromatic N) is 3. The Morgan fingerprint density at radius 2 is 2.06 bits per heavy atom. The molecule has 1 saturated heterocycles. The second-order valence-electron chi connectivity index (χ2n) is 4.52. The molecule has 1 aliphatic heterocycles. The summed E-state index contributed by atoms with van der Waals surface area (Å²) in [6.07, 6.45) is 5.02. The zero-order chi connectivity index (χ0) is 12.4. The summed E-state index contributed by atoms with van der Waals surface area (Å²) >= 11 is 0. The molecule has 0 amide bonds. The van der Waals surface area contributed by atoms with Crippen LogP contribution in [0.5, 0.6) is 0 Å². The maximum Gasteiger partial charge on any atom is 0.137 e. The molecule has 2 aromatic heterocycles. The quantitative estimate of drug-likeness (QED) is 0.865. The molecule has 0 saturated carbocycles. The second kappa shape index (κ2) is 4.96. The van der Waals surface area contributed by atoms with Crippen LogP contribution >= 0.6 is 0 Å². The van der Waals surface area contributed by atoms with E-state index in [2.05, 4.69) is 38.8 Å². The molecule has 1 aliphatic rings. The molecule has 3 heterocycles. The van der Waals surface area contributed by atoms with Gasteiger partial charge in [0.15, 0.2) is 0 Å². The maximum absolute atomic E-state index is 5.56. The van der Waals surface area contributed by atoms with Crippen molar-refractivity contribution in [3.05, 3.63) is 30.2 Å². The molecule has 0 unspecified atom stereocenters. The number of imidazole rings is 1. The van der Waals surface area contributed by atoms with Gasteiger partial charge in [-0.05, 0) is 18.7 Å². The molecular formula is C13H18N4O. The van der Waals surface area contributed by atoms with Crippen LogP contribution in [0.3, 0.4) is 0 Å². The van der Waals surface area contributed by atoms with Gasteiger partial charge in [-0.15, -0.1) is 0 Å². The minimum Gasteiger partial charge on any atom is -0.378 e. The zero-order valence-electron chi connectivity index (χ0n) is 10.4. The summed E-state index contributed by atoms with van der Waals surface area (Å²) in [6, 6.07) is 4.19. The smallest absolute Gasteiger partial charge is 0.137 e. The van der Waals surface area contributed by atoms with Crippen molar-refractivity contribution in [1.82, 2.24) is 9.38 Å². The fourth-order valence-electron chi connectivity index (χ4n) is 2.31. The molecule has 18 heavy (non-hydrogen) atoms. The molecule has 2 N–H and O–H groups in total. The lowest BCUT2D eigenvalue weighted by molar-refractivity contribution is 0.122. The summed E-state index contributed by atoms with van der Waals surface area (Å²) in [5.74, 6) is 0. The number of fused-ring (bicyclic) bond motifs is 1. The Kier molecular flexibility index (Phi) is 3.17. The number of hydrogen-bond acceptors (Lipinski definition) is 4. The minimum absolute atomic E-state index is 0.639. The predicted octanol–water partition coefficient (Wildman–Crippen LogP) is 0.672. The van der Waals surface area contributed by atoms with Gasteiger partial charge >= 0.3 is 0 Å². The molecule has 0 aromatic carbocycles. The van der Waals surface area contributed by atoms with Crippen LogP contribution in [0.2, 0.25) is 0 Å². The lowest BCUT2D eigenvalue weighted by Crippen LogP contribution is -2.36. The van der Waals surface area contributed by atoms with Crippen molar-refractivity contribution in [2.75, 3.05) is 37.7 Å². The molecule has 96 valence electrons. The van der Waals surface area contributed by atoms with E-state index in [1.165, 1.54) is 5.69 Å². The Morgan fingerprint density at radius 3 is 2.83 bits per heavy atom. The van der Waals surface area contributed by atoms with Crippen molar-refractivity contribution in [2.45, 2.75) is 6.42 Å². The first-order valence-corrected chi connectivity index (χ1v) is 6.37. The number of nitrogens with two attached hydrogens (primary N) is 1. The van der Waals surface area contributed by atoms with Gasteiger partial charge < -0.3 is 19.8 Å². The Bertz CT molecular complexity index is 531. The van der Waals surface area contributed by atoms with Crippen molar-refractivity contribution in [2.24, 2.45) is 5.73 Å². The Morgan fingerprint density at radius 1 is 1.22 bits per heavy atom. The van der Waals surface area contributed by atoms with Crippen molar-refractivity contribution < 1.29 is 4.74 Å². The molecule has 2 aromatic rings. The van der Waals surface area contributed by atoms with Gasteiger partial charge in [0, 0.05) is 31.9 Å². The largest absolute Gasteiger partial charge is 0.378 e. The fraction of sp³-hybridized carbons (Fsp3) is 0.462. The van der Waals surface area contributed by atoms with Crippen LogP contribution in [0.1, 0.15) is 5.69 Å². The van der Waals surface area contributed by atoms with E-state index in [9.17, 15) is 0 Å². The van der Waals surface area contributed by atoms with Gasteiger partial charge in [0.2, 0.25) is 0 Å². The van der Waals surface area contributed by atoms with Crippen molar-refractivity contribution in [3.8, 4) is 0 Å². The number of pyridine rings is 1. The van der Waals surface area contributed by atoms with Crippen LogP contribution in [-0.4, -0.2) is 42.2 Å². The molecule has 5 nitrogen and oxygen atoms in total. The van der Waals surface area contributed by atoms with E-state index in [4.69, 9.17) is 10.5 Å². The van der Waals surface area contributed by atoms with Crippen molar-refractivity contribution in [3.63, 3.8) is 0 Å². The first-order valence-electron chi connectivity index (χ1n) is 6.37. The number of hydrogen-bond donors (Lipinski definition) is 1. The van der Waals surface area contributed by atoms with E-state index >= 15 is 0 Å². The molecule has 1 fully saturated rings. The first kappa shape index (κ1) is 11.5. The Labute approximate surface area is 106 Å². The highest BCUT2D eigenvalue weighted by atomic mass is 16.5. The summed E-state index contributed by atoms with van der Waals surface area (Å²) in [6.45, 7) is 4.16. The average Bonchev–Trinajstić information content (AvgIpc) is 2.81. The van der Waals surface area contributed by atoms with Gasteiger partial charge in [0.05, 0.1) is 24.6 Å². The lowest BCUT2D eigenvalue weighted by atomic mass is 10.3. The molecule has 0 bridgehead atoms. The monoisotopic (exact) mass is 246 g/mol. The van der Waals surface area contributed by atoms with Crippen LogP contribution < -0.4 is 10.6 Å². The molecule has 0 atom stereocenters. The standard InChI is InChI=1S/C13H18N4O/c14-4-3-11-9-17-10-12(1-2-13(17)15-11)16-5-7-18-8-6-16/h1-2,9-10H,3-8,14H2. The van der Waals surface area contributed by atoms with Gasteiger partial charge in [-0.1, -0.05) is 0 Å². The summed E-state index contributed by atoms with van der Waals surface area (Å²) in [4.78, 5) is 6.87. The number of morpholine rings is 1. The molecule has 0 radical (unpaired) electrons. The molecule has 3 rings (SSSR count). The summed E-state index contributed by atoms with van der Waals surface area (Å²) in [5.41, 5.74) is 8.82. The normalized spacial score (nSPS) is 16.4. The zero-order valence-corrected chi connectivity index (χ0v) is 10.4. The number of aromatic nitrogens is 2. The van der Waals surface area contributed by atoms with Crippen molar-refractivity contribution >= 4 is 11.3 Å². The predicted molar refractivity (Wildman–Crippen MR) is 71.0 cm³/mol. The van der Waals surface area contributed by atoms with E-state index in [1.54, 1.807) is 0 Å². The number of ether oxygens (including phenoxy) is 1. The first-order chi connectivity index (χ1) is 8.86. The van der Waals surface area contributed by atoms with Crippen LogP contribution in [-0.2, 0) is 11.2 Å². The average molecular weight is 246 g/mol. The van der Waals surface area contributed by atoms with Crippen LogP contribution in [0.15, 0.2) is 24.5 Å². The van der Waals surface area contributed by atoms with Gasteiger partial charge in [0.25, 0.3) is 0 Å². The van der Waals surface area contributed by atoms with Crippen LogP contribution in [0.4, 0.5) is 5.69 Å². The third-order valence-electron chi connectivity index (χ3n) is 3.26. The highest BCUT2D eigenvalue weighted by Crippen LogP contribution is 2.17. The highest BCUT2D eigenvalue weighted by molar-refractivity contribution is 5.52. The van der Waals surface area contributed by atoms with Gasteiger partial charge in [-0.3, -0.25) is 0 Å². The fourth-order valence-corrected chi connectivity index (χ4v) is 2.31. The maximum atomic E-state index is 5.56. The van der Waals surface area contributed by atoms with Crippen LogP contribution in [0, 0.1) is 0 Å². The van der Waals surface area contributed by atoms with E-state index < -0.39 is 0 Å². The summed E-state index contributed by atoms with van der Waals surface area (Å²) in [5, 5.41) is 0. The number of rotatable bonds is 3. The SMILES string of the molecule is NCCc1cn2cc(N3CCOCC3)ccc2n1. The minimum atomic E-state index is 0.639. The van der Waals surface area contributed by atoms with Gasteiger partial charge in [-0.25, -0.2) is 4.98 Å². The van der Waals surface area contributed by atoms with E-state index in [0.29, 0.717) is 6.54 Å². The summed E-state index contributed by atoms with van der Waals surface area (Å²) < 4.78 is 7.45. The molecule has 0 aliphatic carbocycles. The van der Waals surface area contributed by atoms with Crippen LogP contribution in [0.25, 0.3) is 5.65 Å². The summed E-state index contributed by atoms with van der Waals surface area (Å²) in [7, 11) is 0. The van der Waals surface area contributed by atoms with Crippen molar-refractivity contribution in [1.29, 1.82) is 0 Å². The molecular weight excluding hydrogens is 228 g/mol. The van der Waals surface area contributed by atoms with E-state index in [0.717, 1.165) is 44.1 Å². The Hall–Kier alpha value is -1.59. The lowest BCUT2D eigenvalue weighted by Gasteiger charge is -2.28. The third-order valence-corrected chi connectivity index (χ3v) is 3.26. The van der Waals surface area contributed by atoms with E-state index in [-0.39, 0.29) is 0 Å². The Balaban J connectivity index is 1.89. The number of anilines is 1. The van der Waals surface area contributed by atoms with E-state index in [1.807, 2.05) is 0 Å². The third kappa shape index (κ3) is 2.19. The van der Waals surface area contributed by atoms with Gasteiger partial charge in [0.1, 0.15) is 5.65 Å².